The van der Waals surface area contributed by atoms with Crippen LogP contribution < -0.4 is 0 Å². The van der Waals surface area contributed by atoms with Gasteiger partial charge in [-0.05, 0) is 24.6 Å². The number of hydrogen-bond acceptors (Lipinski definition) is 2. The van der Waals surface area contributed by atoms with E-state index in [2.05, 4.69) is 0 Å². The van der Waals surface area contributed by atoms with Gasteiger partial charge in [-0.25, -0.2) is 8.78 Å². The number of hydrogen-bond donors (Lipinski definition) is 1. The van der Waals surface area contributed by atoms with E-state index in [4.69, 9.17) is 4.74 Å². The Labute approximate surface area is 80.1 Å². The third-order valence-corrected chi connectivity index (χ3v) is 2.50. The van der Waals surface area contributed by atoms with Gasteiger partial charge >= 0.3 is 0 Å². The topological polar surface area (TPSA) is 29.5 Å². The van der Waals surface area contributed by atoms with E-state index in [1.807, 2.05) is 0 Å². The maximum atomic E-state index is 13.1. The number of rotatable bonds is 1. The molecular weight excluding hydrogens is 190 g/mol. The molecule has 0 atom stereocenters. The van der Waals surface area contributed by atoms with Crippen LogP contribution in [0.25, 0.3) is 0 Å². The van der Waals surface area contributed by atoms with Gasteiger partial charge in [-0.1, -0.05) is 0 Å². The van der Waals surface area contributed by atoms with Crippen molar-refractivity contribution in [3.63, 3.8) is 0 Å². The van der Waals surface area contributed by atoms with Gasteiger partial charge in [-0.2, -0.15) is 0 Å². The first-order chi connectivity index (χ1) is 6.53. The first-order valence-corrected chi connectivity index (χ1v) is 4.29. The first kappa shape index (κ1) is 9.55. The Morgan fingerprint density at radius 3 is 2.14 bits per heavy atom. The van der Waals surface area contributed by atoms with E-state index in [-0.39, 0.29) is 24.3 Å². The van der Waals surface area contributed by atoms with Gasteiger partial charge in [0.2, 0.25) is 0 Å². The van der Waals surface area contributed by atoms with Gasteiger partial charge < -0.3 is 9.84 Å². The summed E-state index contributed by atoms with van der Waals surface area (Å²) in [6, 6.07) is 2.31. The molecule has 2 nitrogen and oxygen atoms in total. The molecule has 1 aromatic rings. The second-order valence-electron chi connectivity index (χ2n) is 3.59. The zero-order valence-corrected chi connectivity index (χ0v) is 7.68. The molecular formula is C10H10F2O2. The van der Waals surface area contributed by atoms with Crippen molar-refractivity contribution >= 4 is 0 Å². The van der Waals surface area contributed by atoms with E-state index >= 15 is 0 Å². The van der Waals surface area contributed by atoms with Crippen molar-refractivity contribution < 1.29 is 18.6 Å². The lowest BCUT2D eigenvalue weighted by atomic mass is 9.91. The minimum Gasteiger partial charge on any atom is -0.380 e. The molecule has 0 unspecified atom stereocenters. The van der Waals surface area contributed by atoms with Crippen molar-refractivity contribution in [2.24, 2.45) is 0 Å². The maximum Gasteiger partial charge on any atom is 0.136 e. The van der Waals surface area contributed by atoms with Crippen LogP contribution in [0.3, 0.4) is 0 Å². The number of benzene rings is 1. The highest BCUT2D eigenvalue weighted by Crippen LogP contribution is 2.31. The molecule has 1 aliphatic heterocycles. The van der Waals surface area contributed by atoms with Crippen molar-refractivity contribution in [3.8, 4) is 0 Å². The summed E-state index contributed by atoms with van der Waals surface area (Å²) >= 11 is 0. The Balaban J connectivity index is 2.45. The van der Waals surface area contributed by atoms with Crippen LogP contribution in [0.1, 0.15) is 11.1 Å². The molecule has 0 amide bonds. The van der Waals surface area contributed by atoms with E-state index in [1.165, 1.54) is 6.92 Å². The van der Waals surface area contributed by atoms with Crippen molar-refractivity contribution in [1.29, 1.82) is 0 Å². The highest BCUT2D eigenvalue weighted by atomic mass is 19.1. The predicted octanol–water partition coefficient (Wildman–Crippen LogP) is 1.49. The Morgan fingerprint density at radius 2 is 1.79 bits per heavy atom. The molecule has 1 aromatic carbocycles. The normalized spacial score (nSPS) is 19.1. The second kappa shape index (κ2) is 3.00. The summed E-state index contributed by atoms with van der Waals surface area (Å²) < 4.78 is 31.1. The van der Waals surface area contributed by atoms with Crippen molar-refractivity contribution in [2.75, 3.05) is 13.2 Å². The largest absolute Gasteiger partial charge is 0.380 e. The fourth-order valence-electron chi connectivity index (χ4n) is 1.38. The molecule has 1 heterocycles. The van der Waals surface area contributed by atoms with E-state index < -0.39 is 17.2 Å². The third-order valence-electron chi connectivity index (χ3n) is 2.50. The van der Waals surface area contributed by atoms with Crippen molar-refractivity contribution in [1.82, 2.24) is 0 Å². The molecule has 0 bridgehead atoms. The molecule has 2 rings (SSSR count). The summed E-state index contributed by atoms with van der Waals surface area (Å²) in [6.07, 6.45) is 0. The van der Waals surface area contributed by atoms with Gasteiger partial charge in [0.1, 0.15) is 17.2 Å². The van der Waals surface area contributed by atoms with Crippen LogP contribution in [0.5, 0.6) is 0 Å². The smallest absolute Gasteiger partial charge is 0.136 e. The monoisotopic (exact) mass is 200 g/mol. The van der Waals surface area contributed by atoms with Gasteiger partial charge in [0.05, 0.1) is 13.2 Å². The molecule has 1 fully saturated rings. The SMILES string of the molecule is Cc1c(F)cc(C2(O)COC2)cc1F. The Kier molecular flexibility index (Phi) is 2.05. The lowest BCUT2D eigenvalue weighted by Gasteiger charge is -2.36. The maximum absolute atomic E-state index is 13.1. The number of halogens is 2. The fourth-order valence-corrected chi connectivity index (χ4v) is 1.38. The molecule has 14 heavy (non-hydrogen) atoms. The van der Waals surface area contributed by atoms with Gasteiger partial charge in [-0.3, -0.25) is 0 Å². The minimum absolute atomic E-state index is 0.0300. The first-order valence-electron chi connectivity index (χ1n) is 4.29. The van der Waals surface area contributed by atoms with Crippen LogP contribution in [-0.4, -0.2) is 18.3 Å². The zero-order chi connectivity index (χ0) is 10.3. The molecule has 1 N–H and O–H groups in total. The summed E-state index contributed by atoms with van der Waals surface area (Å²) in [5.74, 6) is -1.28. The van der Waals surface area contributed by atoms with Crippen LogP contribution in [-0.2, 0) is 10.3 Å². The van der Waals surface area contributed by atoms with Crippen LogP contribution in [0.15, 0.2) is 12.1 Å². The van der Waals surface area contributed by atoms with Gasteiger partial charge in [-0.15, -0.1) is 0 Å². The van der Waals surface area contributed by atoms with Crippen molar-refractivity contribution in [2.45, 2.75) is 12.5 Å². The van der Waals surface area contributed by atoms with E-state index in [9.17, 15) is 13.9 Å². The highest BCUT2D eigenvalue weighted by molar-refractivity contribution is 5.30. The molecule has 1 aliphatic rings. The van der Waals surface area contributed by atoms with Crippen LogP contribution >= 0.6 is 0 Å². The van der Waals surface area contributed by atoms with Gasteiger partial charge in [0.15, 0.2) is 0 Å². The predicted molar refractivity (Wildman–Crippen MR) is 45.8 cm³/mol. The lowest BCUT2D eigenvalue weighted by Crippen LogP contribution is -2.46. The number of aliphatic hydroxyl groups is 1. The Morgan fingerprint density at radius 1 is 1.29 bits per heavy atom. The van der Waals surface area contributed by atoms with Crippen LogP contribution in [0.4, 0.5) is 8.78 Å². The fraction of sp³-hybridized carbons (Fsp3) is 0.400. The van der Waals surface area contributed by atoms with E-state index in [1.54, 1.807) is 0 Å². The highest BCUT2D eigenvalue weighted by Gasteiger charge is 2.38. The molecule has 76 valence electrons. The summed E-state index contributed by atoms with van der Waals surface area (Å²) in [6.45, 7) is 1.54. The standard InChI is InChI=1S/C10H10F2O2/c1-6-8(11)2-7(3-9(6)12)10(13)4-14-5-10/h2-3,13H,4-5H2,1H3. The molecule has 0 spiro atoms. The summed E-state index contributed by atoms with van der Waals surface area (Å²) in [5, 5.41) is 9.76. The molecule has 0 saturated carbocycles. The van der Waals surface area contributed by atoms with Gasteiger partial charge in [0.25, 0.3) is 0 Å². The van der Waals surface area contributed by atoms with Crippen LogP contribution in [0, 0.1) is 18.6 Å². The van der Waals surface area contributed by atoms with E-state index in [0.29, 0.717) is 0 Å². The Bertz CT molecular complexity index is 349. The minimum atomic E-state index is -1.21. The van der Waals surface area contributed by atoms with E-state index in [0.717, 1.165) is 12.1 Å². The average Bonchev–Trinajstić information content (AvgIpc) is 2.09. The second-order valence-corrected chi connectivity index (χ2v) is 3.59. The molecule has 1 saturated heterocycles. The Hall–Kier alpha value is -1.00. The summed E-state index contributed by atoms with van der Waals surface area (Å²) in [4.78, 5) is 0. The molecule has 4 heteroatoms. The number of ether oxygens (including phenoxy) is 1. The summed E-state index contributed by atoms with van der Waals surface area (Å²) in [7, 11) is 0. The van der Waals surface area contributed by atoms with Crippen LogP contribution in [0.2, 0.25) is 0 Å². The third kappa shape index (κ3) is 1.31. The summed E-state index contributed by atoms with van der Waals surface area (Å²) in [5.41, 5.74) is -1.00. The molecule has 0 aliphatic carbocycles. The van der Waals surface area contributed by atoms with Crippen molar-refractivity contribution in [3.05, 3.63) is 34.9 Å². The lowest BCUT2D eigenvalue weighted by molar-refractivity contribution is -0.184. The zero-order valence-electron chi connectivity index (χ0n) is 7.68. The molecule has 0 radical (unpaired) electrons. The molecule has 0 aromatic heterocycles. The quantitative estimate of drug-likeness (QED) is 0.744. The average molecular weight is 200 g/mol. The van der Waals surface area contributed by atoms with Gasteiger partial charge in [0, 0.05) is 5.56 Å².